The minimum atomic E-state index is -0.603. The Balaban J connectivity index is 2.41. The van der Waals surface area contributed by atoms with E-state index in [0.29, 0.717) is 31.3 Å². The second-order valence-electron chi connectivity index (χ2n) is 4.53. The molecule has 0 fully saturated rings. The summed E-state index contributed by atoms with van der Waals surface area (Å²) in [6.45, 7) is 6.73. The van der Waals surface area contributed by atoms with Gasteiger partial charge in [0.15, 0.2) is 0 Å². The third-order valence-electron chi connectivity index (χ3n) is 2.79. The smallest absolute Gasteiger partial charge is 0.335 e. The summed E-state index contributed by atoms with van der Waals surface area (Å²) in [7, 11) is 0. The summed E-state index contributed by atoms with van der Waals surface area (Å²) in [5.74, 6) is -0.623. The molecule has 2 aromatic rings. The number of carbonyl (C=O) groups is 2. The van der Waals surface area contributed by atoms with Gasteiger partial charge in [0.05, 0.1) is 9.79 Å². The monoisotopic (exact) mass is 394 g/mol. The maximum atomic E-state index is 11.5. The number of rotatable bonds is 6. The van der Waals surface area contributed by atoms with Crippen molar-refractivity contribution in [2.24, 2.45) is 0 Å². The summed E-state index contributed by atoms with van der Waals surface area (Å²) < 4.78 is 10.4. The van der Waals surface area contributed by atoms with Crippen molar-refractivity contribution in [3.63, 3.8) is 0 Å². The van der Waals surface area contributed by atoms with E-state index in [2.05, 4.69) is 13.2 Å². The topological polar surface area (TPSA) is 52.6 Å². The molecule has 7 heteroatoms. The standard InChI is InChI=1S/C18H12Cl2O4S/c1-3-17(21)23-13-7-5-11(19)9-15(13)25-16-10-12(20)6-8-14(16)24-18(22)4-2/h3-10H,1-2H2. The van der Waals surface area contributed by atoms with E-state index in [1.807, 2.05) is 0 Å². The predicted molar refractivity (Wildman–Crippen MR) is 98.7 cm³/mol. The van der Waals surface area contributed by atoms with E-state index >= 15 is 0 Å². The zero-order valence-corrected chi connectivity index (χ0v) is 15.2. The minimum Gasteiger partial charge on any atom is -0.422 e. The van der Waals surface area contributed by atoms with Crippen LogP contribution in [0.1, 0.15) is 0 Å². The van der Waals surface area contributed by atoms with Crippen LogP contribution >= 0.6 is 35.0 Å². The molecule has 128 valence electrons. The summed E-state index contributed by atoms with van der Waals surface area (Å²) in [5.41, 5.74) is 0. The molecule has 0 atom stereocenters. The van der Waals surface area contributed by atoms with Crippen LogP contribution in [0.5, 0.6) is 11.5 Å². The van der Waals surface area contributed by atoms with Gasteiger partial charge in [0, 0.05) is 22.2 Å². The van der Waals surface area contributed by atoms with E-state index in [1.54, 1.807) is 36.4 Å². The first-order valence-corrected chi connectivity index (χ1v) is 8.45. The quantitative estimate of drug-likeness (QED) is 0.376. The Morgan fingerprint density at radius 3 is 1.60 bits per heavy atom. The Hall–Kier alpha value is -2.21. The molecule has 0 aromatic heterocycles. The normalized spacial score (nSPS) is 10.0. The van der Waals surface area contributed by atoms with E-state index in [4.69, 9.17) is 32.7 Å². The molecule has 0 bridgehead atoms. The van der Waals surface area contributed by atoms with E-state index in [9.17, 15) is 9.59 Å². The molecule has 2 rings (SSSR count). The highest BCUT2D eigenvalue weighted by Crippen LogP contribution is 2.42. The molecule has 0 heterocycles. The van der Waals surface area contributed by atoms with Gasteiger partial charge in [0.1, 0.15) is 11.5 Å². The first kappa shape index (κ1) is 19.1. The zero-order valence-electron chi connectivity index (χ0n) is 12.8. The van der Waals surface area contributed by atoms with Crippen molar-refractivity contribution in [3.05, 3.63) is 71.8 Å². The van der Waals surface area contributed by atoms with E-state index in [0.717, 1.165) is 12.2 Å². The van der Waals surface area contributed by atoms with Crippen LogP contribution in [0.15, 0.2) is 71.5 Å². The highest BCUT2D eigenvalue weighted by Gasteiger charge is 2.14. The minimum absolute atomic E-state index is 0.292. The van der Waals surface area contributed by atoms with Crippen LogP contribution in [0.2, 0.25) is 10.0 Å². The molecule has 0 saturated carbocycles. The first-order valence-electron chi connectivity index (χ1n) is 6.88. The molecule has 0 spiro atoms. The number of halogens is 2. The SMILES string of the molecule is C=CC(=O)Oc1ccc(Cl)cc1Sc1cc(Cl)ccc1OC(=O)C=C. The molecule has 0 unspecified atom stereocenters. The summed E-state index contributed by atoms with van der Waals surface area (Å²) in [6.07, 6.45) is 2.11. The zero-order chi connectivity index (χ0) is 18.4. The lowest BCUT2D eigenvalue weighted by Gasteiger charge is -2.12. The van der Waals surface area contributed by atoms with Crippen LogP contribution in [0.4, 0.5) is 0 Å². The largest absolute Gasteiger partial charge is 0.422 e. The van der Waals surface area contributed by atoms with Crippen molar-refractivity contribution in [2.75, 3.05) is 0 Å². The fourth-order valence-corrected chi connectivity index (χ4v) is 3.21. The summed E-state index contributed by atoms with van der Waals surface area (Å²) >= 11 is 13.2. The van der Waals surface area contributed by atoms with Gasteiger partial charge in [0.25, 0.3) is 0 Å². The Labute approximate surface area is 159 Å². The summed E-state index contributed by atoms with van der Waals surface area (Å²) in [4.78, 5) is 24.1. The molecule has 0 amide bonds. The summed E-state index contributed by atoms with van der Waals surface area (Å²) in [5, 5.41) is 0.903. The second-order valence-corrected chi connectivity index (χ2v) is 6.49. The average molecular weight is 395 g/mol. The molecular weight excluding hydrogens is 383 g/mol. The van der Waals surface area contributed by atoms with Gasteiger partial charge in [-0.15, -0.1) is 0 Å². The molecule has 4 nitrogen and oxygen atoms in total. The van der Waals surface area contributed by atoms with Crippen LogP contribution < -0.4 is 9.47 Å². The molecule has 0 N–H and O–H groups in total. The third kappa shape index (κ3) is 5.39. The number of benzene rings is 2. The number of carbonyl (C=O) groups excluding carboxylic acids is 2. The molecule has 25 heavy (non-hydrogen) atoms. The fourth-order valence-electron chi connectivity index (χ4n) is 1.71. The Morgan fingerprint density at radius 1 is 0.840 bits per heavy atom. The van der Waals surface area contributed by atoms with Crippen LogP contribution in [-0.2, 0) is 9.59 Å². The van der Waals surface area contributed by atoms with Crippen LogP contribution in [-0.4, -0.2) is 11.9 Å². The van der Waals surface area contributed by atoms with Gasteiger partial charge in [-0.25, -0.2) is 9.59 Å². The van der Waals surface area contributed by atoms with Crippen molar-refractivity contribution >= 4 is 46.9 Å². The highest BCUT2D eigenvalue weighted by molar-refractivity contribution is 7.99. The van der Waals surface area contributed by atoms with E-state index < -0.39 is 11.9 Å². The van der Waals surface area contributed by atoms with E-state index in [1.165, 1.54) is 11.8 Å². The molecule has 2 aromatic carbocycles. The molecule has 0 aliphatic heterocycles. The summed E-state index contributed by atoms with van der Waals surface area (Å²) in [6, 6.07) is 9.55. The van der Waals surface area contributed by atoms with Gasteiger partial charge in [-0.3, -0.25) is 0 Å². The maximum absolute atomic E-state index is 11.5. The van der Waals surface area contributed by atoms with Gasteiger partial charge in [-0.05, 0) is 36.4 Å². The highest BCUT2D eigenvalue weighted by atomic mass is 35.5. The van der Waals surface area contributed by atoms with Crippen LogP contribution in [0.3, 0.4) is 0 Å². The molecule has 0 saturated heterocycles. The lowest BCUT2D eigenvalue weighted by molar-refractivity contribution is -0.130. The van der Waals surface area contributed by atoms with Crippen molar-refractivity contribution in [2.45, 2.75) is 9.79 Å². The molecule has 0 aliphatic rings. The lowest BCUT2D eigenvalue weighted by atomic mass is 10.3. The molecule has 0 radical (unpaired) electrons. The predicted octanol–water partition coefficient (Wildman–Crippen LogP) is 5.33. The fraction of sp³-hybridized carbons (Fsp3) is 0. The average Bonchev–Trinajstić information content (AvgIpc) is 2.59. The number of esters is 2. The van der Waals surface area contributed by atoms with Crippen molar-refractivity contribution in [1.29, 1.82) is 0 Å². The van der Waals surface area contributed by atoms with Crippen molar-refractivity contribution in [3.8, 4) is 11.5 Å². The van der Waals surface area contributed by atoms with Gasteiger partial charge in [-0.1, -0.05) is 48.1 Å². The van der Waals surface area contributed by atoms with E-state index in [-0.39, 0.29) is 0 Å². The van der Waals surface area contributed by atoms with Gasteiger partial charge < -0.3 is 9.47 Å². The Kier molecular flexibility index (Phi) is 6.70. The number of hydrogen-bond donors (Lipinski definition) is 0. The van der Waals surface area contributed by atoms with Gasteiger partial charge in [0.2, 0.25) is 0 Å². The Bertz CT molecular complexity index is 779. The third-order valence-corrected chi connectivity index (χ3v) is 4.33. The van der Waals surface area contributed by atoms with Crippen molar-refractivity contribution in [1.82, 2.24) is 0 Å². The Morgan fingerprint density at radius 2 is 1.24 bits per heavy atom. The molecular formula is C18H12Cl2O4S. The van der Waals surface area contributed by atoms with Gasteiger partial charge >= 0.3 is 11.9 Å². The molecule has 0 aliphatic carbocycles. The van der Waals surface area contributed by atoms with Crippen molar-refractivity contribution < 1.29 is 19.1 Å². The number of hydrogen-bond acceptors (Lipinski definition) is 5. The second kappa shape index (κ2) is 8.76. The maximum Gasteiger partial charge on any atom is 0.335 e. The van der Waals surface area contributed by atoms with Crippen LogP contribution in [0.25, 0.3) is 0 Å². The first-order chi connectivity index (χ1) is 11.9. The lowest BCUT2D eigenvalue weighted by Crippen LogP contribution is -2.05. The number of ether oxygens (including phenoxy) is 2. The van der Waals surface area contributed by atoms with Gasteiger partial charge in [-0.2, -0.15) is 0 Å². The van der Waals surface area contributed by atoms with Crippen LogP contribution in [0, 0.1) is 0 Å².